The van der Waals surface area contributed by atoms with Gasteiger partial charge in [-0.3, -0.25) is 4.79 Å². The Bertz CT molecular complexity index is 874. The molecule has 1 aliphatic heterocycles. The average Bonchev–Trinajstić information content (AvgIpc) is 3.09. The molecule has 25 heavy (non-hydrogen) atoms. The molecule has 1 saturated heterocycles. The quantitative estimate of drug-likeness (QED) is 0.924. The molecule has 0 unspecified atom stereocenters. The average molecular weight is 336 g/mol. The second kappa shape index (κ2) is 6.82. The number of hydrogen-bond acceptors (Lipinski definition) is 5. The fraction of sp³-hybridized carbons (Fsp3) is 0.444. The maximum Gasteiger partial charge on any atom is 0.236 e. The van der Waals surface area contributed by atoms with Crippen molar-refractivity contribution in [3.8, 4) is 12.1 Å². The van der Waals surface area contributed by atoms with E-state index in [0.29, 0.717) is 24.6 Å². The van der Waals surface area contributed by atoms with Crippen LogP contribution in [0.15, 0.2) is 18.5 Å². The van der Waals surface area contributed by atoms with Crippen LogP contribution in [0.2, 0.25) is 0 Å². The number of carbonyl (C=O) groups excluding carboxylic acids is 1. The summed E-state index contributed by atoms with van der Waals surface area (Å²) in [5.74, 6) is 0.236. The molecule has 0 radical (unpaired) electrons. The minimum atomic E-state index is -0.130. The number of amides is 1. The molecule has 1 N–H and O–H groups in total. The van der Waals surface area contributed by atoms with Crippen LogP contribution in [0.4, 0.5) is 5.69 Å². The number of fused-ring (bicyclic) bond motifs is 1. The van der Waals surface area contributed by atoms with Crippen molar-refractivity contribution in [3.05, 3.63) is 24.0 Å². The highest BCUT2D eigenvalue weighted by Gasteiger charge is 2.33. The Morgan fingerprint density at radius 1 is 1.52 bits per heavy atom. The van der Waals surface area contributed by atoms with Crippen molar-refractivity contribution in [2.24, 2.45) is 5.92 Å². The van der Waals surface area contributed by atoms with Crippen LogP contribution in [0.1, 0.15) is 25.3 Å². The monoisotopic (exact) mass is 336 g/mol. The number of likely N-dealkylation sites (N-methyl/N-ethyl adjacent to an activating group) is 1. The lowest BCUT2D eigenvalue weighted by molar-refractivity contribution is -0.131. The molecular weight excluding hydrogens is 316 g/mol. The van der Waals surface area contributed by atoms with Crippen molar-refractivity contribution in [1.82, 2.24) is 14.9 Å². The lowest BCUT2D eigenvalue weighted by Crippen LogP contribution is -2.52. The maximum absolute atomic E-state index is 12.1. The van der Waals surface area contributed by atoms with E-state index in [1.807, 2.05) is 25.4 Å². The van der Waals surface area contributed by atoms with E-state index in [1.165, 1.54) is 0 Å². The maximum atomic E-state index is 12.1. The number of likely N-dealkylation sites (tertiary alicyclic amines) is 1. The fourth-order valence-corrected chi connectivity index (χ4v) is 3.58. The Morgan fingerprint density at radius 3 is 3.04 bits per heavy atom. The molecule has 7 nitrogen and oxygen atoms in total. The minimum absolute atomic E-state index is 0.0731. The first-order chi connectivity index (χ1) is 12.1. The van der Waals surface area contributed by atoms with Gasteiger partial charge in [0, 0.05) is 44.0 Å². The summed E-state index contributed by atoms with van der Waals surface area (Å²) in [6, 6.07) is 6.15. The molecular formula is C18H20N6O. The summed E-state index contributed by atoms with van der Waals surface area (Å²) in [5.41, 5.74) is 2.09. The van der Waals surface area contributed by atoms with E-state index in [-0.39, 0.29) is 18.4 Å². The number of nitriles is 2. The number of nitrogens with zero attached hydrogens (tertiary/aromatic N) is 5. The van der Waals surface area contributed by atoms with Gasteiger partial charge in [0.05, 0.1) is 17.3 Å². The van der Waals surface area contributed by atoms with Gasteiger partial charge in [0.2, 0.25) is 5.91 Å². The summed E-state index contributed by atoms with van der Waals surface area (Å²) in [5, 5.41) is 19.2. The molecule has 128 valence electrons. The number of carbonyl (C=O) groups is 1. The van der Waals surface area contributed by atoms with Crippen molar-refractivity contribution in [1.29, 1.82) is 10.5 Å². The second-order valence-electron chi connectivity index (χ2n) is 6.49. The zero-order chi connectivity index (χ0) is 18.0. The molecule has 3 heterocycles. The van der Waals surface area contributed by atoms with Crippen LogP contribution >= 0.6 is 0 Å². The molecule has 0 aliphatic carbocycles. The van der Waals surface area contributed by atoms with Crippen LogP contribution in [0.5, 0.6) is 0 Å². The number of nitrogens with one attached hydrogen (secondary N) is 1. The molecule has 0 bridgehead atoms. The summed E-state index contributed by atoms with van der Waals surface area (Å²) in [7, 11) is 1.96. The van der Waals surface area contributed by atoms with Gasteiger partial charge in [0.15, 0.2) is 0 Å². The molecule has 2 aromatic rings. The van der Waals surface area contributed by atoms with Crippen molar-refractivity contribution in [2.45, 2.75) is 25.8 Å². The summed E-state index contributed by atoms with van der Waals surface area (Å²) in [4.78, 5) is 23.3. The van der Waals surface area contributed by atoms with Gasteiger partial charge in [-0.1, -0.05) is 6.92 Å². The summed E-state index contributed by atoms with van der Waals surface area (Å²) in [6.45, 7) is 3.39. The highest BCUT2D eigenvalue weighted by molar-refractivity contribution is 5.93. The lowest BCUT2D eigenvalue weighted by Gasteiger charge is -2.42. The van der Waals surface area contributed by atoms with Gasteiger partial charge in [-0.15, -0.1) is 0 Å². The molecule has 7 heteroatoms. The predicted molar refractivity (Wildman–Crippen MR) is 93.6 cm³/mol. The molecule has 2 atom stereocenters. The highest BCUT2D eigenvalue weighted by Crippen LogP contribution is 2.33. The van der Waals surface area contributed by atoms with Crippen LogP contribution in [-0.2, 0) is 4.79 Å². The van der Waals surface area contributed by atoms with Crippen molar-refractivity contribution < 1.29 is 4.79 Å². The first-order valence-corrected chi connectivity index (χ1v) is 8.30. The number of aromatic nitrogens is 2. The van der Waals surface area contributed by atoms with Crippen LogP contribution in [0.3, 0.4) is 0 Å². The fourth-order valence-electron chi connectivity index (χ4n) is 3.58. The number of anilines is 1. The first kappa shape index (κ1) is 16.8. The molecule has 2 aromatic heterocycles. The summed E-state index contributed by atoms with van der Waals surface area (Å²) < 4.78 is 0. The SMILES string of the molecule is C[C@@H]1CCN(C(=O)CC#N)C[C@@H]1N(C)c1c(C#N)cnc2[nH]ccc12. The van der Waals surface area contributed by atoms with Crippen LogP contribution in [0.25, 0.3) is 11.0 Å². The third kappa shape index (κ3) is 3.01. The molecule has 3 rings (SSSR count). The first-order valence-electron chi connectivity index (χ1n) is 8.30. The number of rotatable bonds is 3. The Kier molecular flexibility index (Phi) is 4.58. The summed E-state index contributed by atoms with van der Waals surface area (Å²) in [6.07, 6.45) is 4.17. The van der Waals surface area contributed by atoms with Crippen LogP contribution in [0, 0.1) is 28.6 Å². The van der Waals surface area contributed by atoms with Crippen molar-refractivity contribution >= 4 is 22.6 Å². The summed E-state index contributed by atoms with van der Waals surface area (Å²) >= 11 is 0. The molecule has 1 aliphatic rings. The van der Waals surface area contributed by atoms with Crippen molar-refractivity contribution in [2.75, 3.05) is 25.0 Å². The second-order valence-corrected chi connectivity index (χ2v) is 6.49. The van der Waals surface area contributed by atoms with Gasteiger partial charge < -0.3 is 14.8 Å². The van der Waals surface area contributed by atoms with Crippen molar-refractivity contribution in [3.63, 3.8) is 0 Å². The molecule has 0 saturated carbocycles. The Hall–Kier alpha value is -3.06. The van der Waals surface area contributed by atoms with Gasteiger partial charge in [-0.2, -0.15) is 10.5 Å². The zero-order valence-electron chi connectivity index (χ0n) is 14.4. The number of H-pyrrole nitrogens is 1. The lowest BCUT2D eigenvalue weighted by atomic mass is 9.91. The van der Waals surface area contributed by atoms with E-state index >= 15 is 0 Å². The number of aromatic amines is 1. The number of hydrogen-bond donors (Lipinski definition) is 1. The van der Waals surface area contributed by atoms with Gasteiger partial charge in [-0.05, 0) is 18.4 Å². The van der Waals surface area contributed by atoms with E-state index in [0.717, 1.165) is 23.1 Å². The molecule has 0 aromatic carbocycles. The standard InChI is InChI=1S/C18H20N6O/c1-12-5-8-24(16(25)3-6-19)11-15(12)23(2)17-13(9-20)10-22-18-14(17)4-7-21-18/h4,7,10,12,15H,3,5,8,11H2,1-2H3,(H,21,22)/t12-,15+/m1/s1. The van der Waals surface area contributed by atoms with E-state index in [9.17, 15) is 10.1 Å². The molecule has 1 amide bonds. The van der Waals surface area contributed by atoms with Gasteiger partial charge >= 0.3 is 0 Å². The van der Waals surface area contributed by atoms with Crippen LogP contribution in [-0.4, -0.2) is 47.0 Å². The Balaban J connectivity index is 1.95. The molecule has 0 spiro atoms. The topological polar surface area (TPSA) is 99.8 Å². The van der Waals surface area contributed by atoms with E-state index < -0.39 is 0 Å². The van der Waals surface area contributed by atoms with E-state index in [4.69, 9.17) is 5.26 Å². The van der Waals surface area contributed by atoms with E-state index in [2.05, 4.69) is 27.9 Å². The number of piperidine rings is 1. The van der Waals surface area contributed by atoms with Gasteiger partial charge in [0.25, 0.3) is 0 Å². The van der Waals surface area contributed by atoms with Gasteiger partial charge in [-0.25, -0.2) is 4.98 Å². The molecule has 1 fully saturated rings. The smallest absolute Gasteiger partial charge is 0.236 e. The Morgan fingerprint density at radius 2 is 2.32 bits per heavy atom. The normalized spacial score (nSPS) is 20.1. The number of pyridine rings is 1. The predicted octanol–water partition coefficient (Wildman–Crippen LogP) is 2.02. The Labute approximate surface area is 146 Å². The third-order valence-corrected chi connectivity index (χ3v) is 5.03. The minimum Gasteiger partial charge on any atom is -0.368 e. The largest absolute Gasteiger partial charge is 0.368 e. The third-order valence-electron chi connectivity index (χ3n) is 5.03. The highest BCUT2D eigenvalue weighted by atomic mass is 16.2. The van der Waals surface area contributed by atoms with E-state index in [1.54, 1.807) is 11.1 Å². The zero-order valence-corrected chi connectivity index (χ0v) is 14.4. The van der Waals surface area contributed by atoms with Gasteiger partial charge in [0.1, 0.15) is 18.1 Å². The van der Waals surface area contributed by atoms with Crippen LogP contribution < -0.4 is 4.90 Å².